The van der Waals surface area contributed by atoms with E-state index in [9.17, 15) is 19.2 Å². The Balaban J connectivity index is 1.37. The lowest BCUT2D eigenvalue weighted by atomic mass is 9.44. The van der Waals surface area contributed by atoms with Crippen molar-refractivity contribution in [3.8, 4) is 0 Å². The highest BCUT2D eigenvalue weighted by Crippen LogP contribution is 2.67. The van der Waals surface area contributed by atoms with Crippen molar-refractivity contribution < 1.29 is 29.0 Å². The van der Waals surface area contributed by atoms with Crippen molar-refractivity contribution in [1.82, 2.24) is 5.32 Å². The van der Waals surface area contributed by atoms with E-state index in [1.165, 1.54) is 19.3 Å². The molecule has 8 heteroatoms. The summed E-state index contributed by atoms with van der Waals surface area (Å²) in [6.45, 7) is 10.6. The van der Waals surface area contributed by atoms with Crippen LogP contribution < -0.4 is 11.1 Å². The molecule has 1 amide bonds. The smallest absolute Gasteiger partial charge is 0.328 e. The van der Waals surface area contributed by atoms with Gasteiger partial charge >= 0.3 is 11.9 Å². The maximum Gasteiger partial charge on any atom is 0.328 e. The summed E-state index contributed by atoms with van der Waals surface area (Å²) in [5.41, 5.74) is 6.29. The molecule has 0 radical (unpaired) electrons. The fourth-order valence-corrected chi connectivity index (χ4v) is 9.61. The molecule has 0 aromatic rings. The maximum atomic E-state index is 13.3. The SMILES string of the molecule is CC(=O)[C@H]1CC[C@H]2[C@@H]3CC[C@H]4C[C@H](OC(=O)[C@H](CC(C)C)NC(=O)[C@@H](N)CCC(=O)O)CC[C@]4(C)[C@H]3CC[C@]12C. The summed E-state index contributed by atoms with van der Waals surface area (Å²) < 4.78 is 6.06. The van der Waals surface area contributed by atoms with Gasteiger partial charge < -0.3 is 20.9 Å². The van der Waals surface area contributed by atoms with Gasteiger partial charge in [0.25, 0.3) is 0 Å². The zero-order valence-corrected chi connectivity index (χ0v) is 25.2. The summed E-state index contributed by atoms with van der Waals surface area (Å²) in [4.78, 5) is 49.2. The minimum absolute atomic E-state index is 0.0189. The van der Waals surface area contributed by atoms with Gasteiger partial charge in [0.1, 0.15) is 17.9 Å². The maximum absolute atomic E-state index is 13.3. The van der Waals surface area contributed by atoms with Crippen molar-refractivity contribution in [2.45, 2.75) is 130 Å². The van der Waals surface area contributed by atoms with Crippen molar-refractivity contribution in [2.75, 3.05) is 0 Å². The van der Waals surface area contributed by atoms with Crippen LogP contribution in [-0.4, -0.2) is 46.9 Å². The van der Waals surface area contributed by atoms with Crippen molar-refractivity contribution in [2.24, 2.45) is 52.1 Å². The van der Waals surface area contributed by atoms with Crippen LogP contribution in [0.3, 0.4) is 0 Å². The summed E-state index contributed by atoms with van der Waals surface area (Å²) in [5, 5.41) is 11.6. The van der Waals surface area contributed by atoms with Crippen molar-refractivity contribution in [3.63, 3.8) is 0 Å². The normalized spacial score (nSPS) is 38.4. The molecule has 10 atom stereocenters. The summed E-state index contributed by atoms with van der Waals surface area (Å²) in [5.74, 6) is 1.36. The number of rotatable bonds is 10. The Labute approximate surface area is 239 Å². The minimum Gasteiger partial charge on any atom is -0.481 e. The van der Waals surface area contributed by atoms with E-state index in [1.807, 2.05) is 13.8 Å². The lowest BCUT2D eigenvalue weighted by Gasteiger charge is -2.61. The van der Waals surface area contributed by atoms with Crippen molar-refractivity contribution in [3.05, 3.63) is 0 Å². The second kappa shape index (κ2) is 12.1. The number of fused-ring (bicyclic) bond motifs is 5. The van der Waals surface area contributed by atoms with E-state index in [1.54, 1.807) is 6.92 Å². The van der Waals surface area contributed by atoms with Crippen LogP contribution in [0.1, 0.15) is 112 Å². The van der Waals surface area contributed by atoms with Gasteiger partial charge in [-0.15, -0.1) is 0 Å². The first kappa shape index (κ1) is 31.0. The molecule has 0 heterocycles. The number of nitrogens with one attached hydrogen (secondary N) is 1. The van der Waals surface area contributed by atoms with E-state index >= 15 is 0 Å². The van der Waals surface area contributed by atoms with Crippen LogP contribution in [-0.2, 0) is 23.9 Å². The monoisotopic (exact) mass is 560 g/mol. The number of carboxylic acid groups (broad SMARTS) is 1. The zero-order valence-electron chi connectivity index (χ0n) is 25.2. The topological polar surface area (TPSA) is 136 Å². The Morgan fingerprint density at radius 3 is 2.30 bits per heavy atom. The minimum atomic E-state index is -1.01. The molecule has 4 N–H and O–H groups in total. The second-order valence-corrected chi connectivity index (χ2v) is 14.5. The number of hydrogen-bond donors (Lipinski definition) is 3. The number of nitrogens with two attached hydrogens (primary N) is 1. The number of Topliss-reactive ketones (excluding diaryl/α,β-unsaturated/α-hetero) is 1. The van der Waals surface area contributed by atoms with E-state index in [2.05, 4.69) is 19.2 Å². The number of ether oxygens (including phenoxy) is 1. The average molecular weight is 561 g/mol. The number of carboxylic acids is 1. The number of ketones is 1. The van der Waals surface area contributed by atoms with Gasteiger partial charge in [0, 0.05) is 12.3 Å². The van der Waals surface area contributed by atoms with Crippen LogP contribution in [0.5, 0.6) is 0 Å². The Hall–Kier alpha value is -1.96. The first-order valence-corrected chi connectivity index (χ1v) is 15.7. The van der Waals surface area contributed by atoms with E-state index in [0.29, 0.717) is 35.9 Å². The van der Waals surface area contributed by atoms with Crippen LogP contribution in [0.25, 0.3) is 0 Å². The Morgan fingerprint density at radius 1 is 0.975 bits per heavy atom. The molecule has 0 aromatic carbocycles. The number of aliphatic carboxylic acids is 1. The number of carbonyl (C=O) groups is 4. The summed E-state index contributed by atoms with van der Waals surface area (Å²) in [6, 6.07) is -1.77. The lowest BCUT2D eigenvalue weighted by molar-refractivity contribution is -0.166. The third-order valence-corrected chi connectivity index (χ3v) is 11.7. The highest BCUT2D eigenvalue weighted by Gasteiger charge is 2.61. The first-order chi connectivity index (χ1) is 18.8. The molecular formula is C32H52N2O6. The van der Waals surface area contributed by atoms with Crippen LogP contribution in [0.2, 0.25) is 0 Å². The predicted octanol–water partition coefficient (Wildman–Crippen LogP) is 4.87. The van der Waals surface area contributed by atoms with Crippen LogP contribution in [0.4, 0.5) is 0 Å². The van der Waals surface area contributed by atoms with Crippen molar-refractivity contribution in [1.29, 1.82) is 0 Å². The largest absolute Gasteiger partial charge is 0.481 e. The van der Waals surface area contributed by atoms with Gasteiger partial charge in [-0.1, -0.05) is 27.7 Å². The van der Waals surface area contributed by atoms with Gasteiger partial charge in [0.2, 0.25) is 5.91 Å². The number of esters is 1. The summed E-state index contributed by atoms with van der Waals surface area (Å²) in [7, 11) is 0. The van der Waals surface area contributed by atoms with Gasteiger partial charge in [-0.3, -0.25) is 14.4 Å². The third-order valence-electron chi connectivity index (χ3n) is 11.7. The Bertz CT molecular complexity index is 982. The standard InChI is InChI=1S/C32H52N2O6/c1-18(2)16-27(34-29(38)26(33)10-11-28(36)37)30(39)40-21-12-14-31(4)20(17-21)6-7-22-24-9-8-23(19(3)35)32(24,5)15-13-25(22)31/h18,20-27H,6-17,33H2,1-5H3,(H,34,38)(H,36,37)/t20-,21+,22-,23+,24-,25-,26-,27-,31-,32+/m0/s1. The van der Waals surface area contributed by atoms with E-state index < -0.39 is 29.9 Å². The van der Waals surface area contributed by atoms with Crippen LogP contribution in [0.15, 0.2) is 0 Å². The van der Waals surface area contributed by atoms with E-state index in [4.69, 9.17) is 15.6 Å². The van der Waals surface area contributed by atoms with Gasteiger partial charge in [-0.25, -0.2) is 4.79 Å². The molecule has 4 rings (SSSR count). The van der Waals surface area contributed by atoms with E-state index in [0.717, 1.165) is 38.5 Å². The Kier molecular flexibility index (Phi) is 9.38. The summed E-state index contributed by atoms with van der Waals surface area (Å²) in [6.07, 6.45) is 9.78. The van der Waals surface area contributed by atoms with Gasteiger partial charge in [0.15, 0.2) is 0 Å². The predicted molar refractivity (Wildman–Crippen MR) is 152 cm³/mol. The number of carbonyl (C=O) groups excluding carboxylic acids is 3. The molecule has 0 saturated heterocycles. The molecular weight excluding hydrogens is 508 g/mol. The lowest BCUT2D eigenvalue weighted by Crippen LogP contribution is -2.55. The highest BCUT2D eigenvalue weighted by molar-refractivity contribution is 5.87. The molecule has 4 aliphatic carbocycles. The van der Waals surface area contributed by atoms with Gasteiger partial charge in [-0.2, -0.15) is 0 Å². The number of amides is 1. The molecule has 0 bridgehead atoms. The van der Waals surface area contributed by atoms with Crippen molar-refractivity contribution >= 4 is 23.6 Å². The Morgan fingerprint density at radius 2 is 1.65 bits per heavy atom. The van der Waals surface area contributed by atoms with E-state index in [-0.39, 0.29) is 41.6 Å². The number of hydrogen-bond acceptors (Lipinski definition) is 6. The van der Waals surface area contributed by atoms with Crippen LogP contribution >= 0.6 is 0 Å². The average Bonchev–Trinajstić information content (AvgIpc) is 3.24. The fourth-order valence-electron chi connectivity index (χ4n) is 9.61. The molecule has 8 nitrogen and oxygen atoms in total. The molecule has 4 fully saturated rings. The first-order valence-electron chi connectivity index (χ1n) is 15.7. The zero-order chi connectivity index (χ0) is 29.4. The second-order valence-electron chi connectivity index (χ2n) is 14.5. The molecule has 4 saturated carbocycles. The molecule has 0 aromatic heterocycles. The molecule has 0 spiro atoms. The van der Waals surface area contributed by atoms with Crippen LogP contribution in [0, 0.1) is 46.3 Å². The quantitative estimate of drug-likeness (QED) is 0.324. The van der Waals surface area contributed by atoms with Gasteiger partial charge in [0.05, 0.1) is 6.04 Å². The molecule has 0 aliphatic heterocycles. The third kappa shape index (κ3) is 6.12. The highest BCUT2D eigenvalue weighted by atomic mass is 16.5. The molecule has 40 heavy (non-hydrogen) atoms. The molecule has 0 unspecified atom stereocenters. The molecule has 4 aliphatic rings. The summed E-state index contributed by atoms with van der Waals surface area (Å²) >= 11 is 0. The van der Waals surface area contributed by atoms with Gasteiger partial charge in [-0.05, 0) is 118 Å². The molecule has 226 valence electrons. The fraction of sp³-hybridized carbons (Fsp3) is 0.875.